The number of aryl methyl sites for hydroxylation is 1. The van der Waals surface area contributed by atoms with Gasteiger partial charge in [0, 0.05) is 5.56 Å². The Labute approximate surface area is 95.6 Å². The highest BCUT2D eigenvalue weighted by atomic mass is 19.1. The van der Waals surface area contributed by atoms with Crippen LogP contribution >= 0.6 is 0 Å². The van der Waals surface area contributed by atoms with Crippen LogP contribution in [0, 0.1) is 18.7 Å². The third-order valence-electron chi connectivity index (χ3n) is 3.23. The maximum absolute atomic E-state index is 13.6. The molecule has 0 fully saturated rings. The molecule has 0 heterocycles. The molecule has 1 aliphatic rings. The average Bonchev–Trinajstić information content (AvgIpc) is 2.32. The topological polar surface area (TPSA) is 20.2 Å². The minimum Gasteiger partial charge on any atom is -0.388 e. The van der Waals surface area contributed by atoms with Gasteiger partial charge in [0.15, 0.2) is 0 Å². The highest BCUT2D eigenvalue weighted by Gasteiger charge is 2.23. The zero-order valence-electron chi connectivity index (χ0n) is 9.49. The molecule has 0 saturated heterocycles. The van der Waals surface area contributed by atoms with Crippen LogP contribution in [0.15, 0.2) is 30.4 Å². The summed E-state index contributed by atoms with van der Waals surface area (Å²) in [6, 6.07) is 4.91. The Kier molecular flexibility index (Phi) is 3.39. The molecule has 16 heavy (non-hydrogen) atoms. The van der Waals surface area contributed by atoms with Crippen molar-refractivity contribution in [3.8, 4) is 0 Å². The molecule has 0 spiro atoms. The molecular weight excluding hydrogens is 203 g/mol. The number of benzene rings is 1. The summed E-state index contributed by atoms with van der Waals surface area (Å²) in [6.07, 6.45) is 6.28. The van der Waals surface area contributed by atoms with Gasteiger partial charge in [-0.15, -0.1) is 0 Å². The van der Waals surface area contributed by atoms with Gasteiger partial charge in [-0.3, -0.25) is 0 Å². The van der Waals surface area contributed by atoms with Crippen molar-refractivity contribution in [3.05, 3.63) is 47.3 Å². The van der Waals surface area contributed by atoms with Crippen LogP contribution in [-0.2, 0) is 0 Å². The van der Waals surface area contributed by atoms with Crippen molar-refractivity contribution >= 4 is 0 Å². The zero-order valence-corrected chi connectivity index (χ0v) is 9.49. The number of rotatable bonds is 2. The van der Waals surface area contributed by atoms with Crippen LogP contribution < -0.4 is 0 Å². The summed E-state index contributed by atoms with van der Waals surface area (Å²) in [5.74, 6) is -0.144. The van der Waals surface area contributed by atoms with Crippen molar-refractivity contribution in [3.63, 3.8) is 0 Å². The van der Waals surface area contributed by atoms with E-state index in [4.69, 9.17) is 0 Å². The van der Waals surface area contributed by atoms with E-state index in [9.17, 15) is 9.50 Å². The lowest BCUT2D eigenvalue weighted by molar-refractivity contribution is 0.0988. The largest absolute Gasteiger partial charge is 0.388 e. The van der Waals surface area contributed by atoms with Gasteiger partial charge in [0.05, 0.1) is 6.10 Å². The molecule has 1 aromatic carbocycles. The lowest BCUT2D eigenvalue weighted by atomic mass is 9.85. The maximum Gasteiger partial charge on any atom is 0.129 e. The SMILES string of the molecule is Cc1ccc(F)c(C(O)C2CC=CCC2)c1. The molecule has 0 amide bonds. The summed E-state index contributed by atoms with van der Waals surface area (Å²) in [5, 5.41) is 10.2. The molecule has 2 atom stereocenters. The first-order valence-electron chi connectivity index (χ1n) is 5.77. The molecule has 1 nitrogen and oxygen atoms in total. The Hall–Kier alpha value is -1.15. The van der Waals surface area contributed by atoms with Crippen molar-refractivity contribution in [2.45, 2.75) is 32.3 Å². The van der Waals surface area contributed by atoms with E-state index in [1.807, 2.05) is 6.92 Å². The molecule has 0 saturated carbocycles. The van der Waals surface area contributed by atoms with Gasteiger partial charge in [-0.1, -0.05) is 29.8 Å². The highest BCUT2D eigenvalue weighted by molar-refractivity contribution is 5.26. The first-order chi connectivity index (χ1) is 7.68. The molecule has 2 unspecified atom stereocenters. The average molecular weight is 220 g/mol. The van der Waals surface area contributed by atoms with Crippen LogP contribution in [-0.4, -0.2) is 5.11 Å². The first-order valence-corrected chi connectivity index (χ1v) is 5.77. The van der Waals surface area contributed by atoms with E-state index in [-0.39, 0.29) is 11.7 Å². The standard InChI is InChI=1S/C14H17FO/c1-10-7-8-13(15)12(9-10)14(16)11-5-3-2-4-6-11/h2-3,7-9,11,14,16H,4-6H2,1H3. The second kappa shape index (κ2) is 4.79. The molecular formula is C14H17FO. The van der Waals surface area contributed by atoms with E-state index in [0.717, 1.165) is 24.8 Å². The third kappa shape index (κ3) is 2.33. The van der Waals surface area contributed by atoms with Gasteiger partial charge in [0.1, 0.15) is 5.82 Å². The van der Waals surface area contributed by atoms with Crippen molar-refractivity contribution in [1.82, 2.24) is 0 Å². The number of aliphatic hydroxyl groups excluding tert-OH is 1. The zero-order chi connectivity index (χ0) is 11.5. The normalized spacial score (nSPS) is 22.1. The molecule has 1 aliphatic carbocycles. The van der Waals surface area contributed by atoms with Gasteiger partial charge < -0.3 is 5.11 Å². The molecule has 86 valence electrons. The fraction of sp³-hybridized carbons (Fsp3) is 0.429. The quantitative estimate of drug-likeness (QED) is 0.756. The van der Waals surface area contributed by atoms with E-state index in [1.165, 1.54) is 6.07 Å². The van der Waals surface area contributed by atoms with Crippen LogP contribution in [0.2, 0.25) is 0 Å². The summed E-state index contributed by atoms with van der Waals surface area (Å²) in [4.78, 5) is 0. The smallest absolute Gasteiger partial charge is 0.129 e. The number of aliphatic hydroxyl groups is 1. The number of allylic oxidation sites excluding steroid dienone is 2. The maximum atomic E-state index is 13.6. The molecule has 0 radical (unpaired) electrons. The molecule has 2 heteroatoms. The molecule has 0 bridgehead atoms. The molecule has 1 aromatic rings. The van der Waals surface area contributed by atoms with Crippen LogP contribution in [0.4, 0.5) is 4.39 Å². The van der Waals surface area contributed by atoms with Crippen molar-refractivity contribution in [1.29, 1.82) is 0 Å². The van der Waals surface area contributed by atoms with E-state index < -0.39 is 6.10 Å². The Bertz CT molecular complexity index is 398. The lowest BCUT2D eigenvalue weighted by Gasteiger charge is -2.24. The van der Waals surface area contributed by atoms with Gasteiger partial charge in [-0.05, 0) is 38.2 Å². The fourth-order valence-corrected chi connectivity index (χ4v) is 2.25. The number of halogens is 1. The second-order valence-electron chi connectivity index (χ2n) is 4.51. The number of hydrogen-bond donors (Lipinski definition) is 1. The Morgan fingerprint density at radius 1 is 1.38 bits per heavy atom. The second-order valence-corrected chi connectivity index (χ2v) is 4.51. The van der Waals surface area contributed by atoms with E-state index in [1.54, 1.807) is 12.1 Å². The van der Waals surface area contributed by atoms with E-state index in [2.05, 4.69) is 12.2 Å². The van der Waals surface area contributed by atoms with Gasteiger partial charge in [0.2, 0.25) is 0 Å². The summed E-state index contributed by atoms with van der Waals surface area (Å²) in [7, 11) is 0. The molecule has 0 aliphatic heterocycles. The van der Waals surface area contributed by atoms with Gasteiger partial charge in [-0.2, -0.15) is 0 Å². The predicted octanol–water partition coefficient (Wildman–Crippen LogP) is 3.52. The van der Waals surface area contributed by atoms with Gasteiger partial charge >= 0.3 is 0 Å². The molecule has 0 aromatic heterocycles. The fourth-order valence-electron chi connectivity index (χ4n) is 2.25. The van der Waals surface area contributed by atoms with E-state index in [0.29, 0.717) is 5.56 Å². The van der Waals surface area contributed by atoms with Gasteiger partial charge in [-0.25, -0.2) is 4.39 Å². The minimum absolute atomic E-state index is 0.154. The Morgan fingerprint density at radius 3 is 2.88 bits per heavy atom. The predicted molar refractivity (Wildman–Crippen MR) is 62.6 cm³/mol. The minimum atomic E-state index is -0.676. The van der Waals surface area contributed by atoms with Crippen LogP contribution in [0.1, 0.15) is 36.5 Å². The van der Waals surface area contributed by atoms with Crippen molar-refractivity contribution in [2.75, 3.05) is 0 Å². The number of hydrogen-bond acceptors (Lipinski definition) is 1. The molecule has 2 rings (SSSR count). The van der Waals surface area contributed by atoms with Gasteiger partial charge in [0.25, 0.3) is 0 Å². The molecule has 1 N–H and O–H groups in total. The van der Waals surface area contributed by atoms with E-state index >= 15 is 0 Å². The van der Waals surface area contributed by atoms with Crippen LogP contribution in [0.3, 0.4) is 0 Å². The first kappa shape index (κ1) is 11.3. The Balaban J connectivity index is 2.22. The van der Waals surface area contributed by atoms with Crippen molar-refractivity contribution in [2.24, 2.45) is 5.92 Å². The summed E-state index contributed by atoms with van der Waals surface area (Å²) in [5.41, 5.74) is 1.43. The lowest BCUT2D eigenvalue weighted by Crippen LogP contribution is -2.15. The van der Waals surface area contributed by atoms with Crippen LogP contribution in [0.5, 0.6) is 0 Å². The third-order valence-corrected chi connectivity index (χ3v) is 3.23. The monoisotopic (exact) mass is 220 g/mol. The summed E-state index contributed by atoms with van der Waals surface area (Å²) in [6.45, 7) is 1.91. The summed E-state index contributed by atoms with van der Waals surface area (Å²) >= 11 is 0. The summed E-state index contributed by atoms with van der Waals surface area (Å²) < 4.78 is 13.6. The van der Waals surface area contributed by atoms with Crippen molar-refractivity contribution < 1.29 is 9.50 Å². The Morgan fingerprint density at radius 2 is 2.19 bits per heavy atom. The highest BCUT2D eigenvalue weighted by Crippen LogP contribution is 2.32. The van der Waals surface area contributed by atoms with Crippen LogP contribution in [0.25, 0.3) is 0 Å².